The number of hydrogen-bond acceptors (Lipinski definition) is 5. The smallest absolute Gasteiger partial charge is 0.281 e. The number of pyridine rings is 1. The van der Waals surface area contributed by atoms with Crippen LogP contribution in [0.25, 0.3) is 11.4 Å². The molecule has 0 atom stereocenters. The second-order valence-electron chi connectivity index (χ2n) is 4.78. The molecule has 24 heavy (non-hydrogen) atoms. The molecule has 9 heteroatoms. The summed E-state index contributed by atoms with van der Waals surface area (Å²) in [5, 5.41) is 9.17. The van der Waals surface area contributed by atoms with Crippen molar-refractivity contribution in [2.45, 2.75) is 13.0 Å². The van der Waals surface area contributed by atoms with Crippen molar-refractivity contribution < 1.29 is 8.78 Å². The molecule has 0 fully saturated rings. The van der Waals surface area contributed by atoms with E-state index in [2.05, 4.69) is 19.9 Å². The number of rotatable bonds is 4. The van der Waals surface area contributed by atoms with Gasteiger partial charge in [-0.05, 0) is 12.1 Å². The number of imidazole rings is 1. The number of halogens is 3. The highest BCUT2D eigenvalue weighted by molar-refractivity contribution is 6.30. The van der Waals surface area contributed by atoms with E-state index >= 15 is 0 Å². The minimum Gasteiger partial charge on any atom is -0.323 e. The first-order chi connectivity index (χ1) is 11.6. The fourth-order valence-corrected chi connectivity index (χ4v) is 2.16. The van der Waals surface area contributed by atoms with E-state index in [1.165, 1.54) is 35.4 Å². The van der Waals surface area contributed by atoms with Gasteiger partial charge in [-0.1, -0.05) is 11.6 Å². The van der Waals surface area contributed by atoms with E-state index < -0.39 is 6.43 Å². The van der Waals surface area contributed by atoms with Gasteiger partial charge in [0.1, 0.15) is 29.1 Å². The Hall–Kier alpha value is -2.92. The van der Waals surface area contributed by atoms with Gasteiger partial charge in [0.15, 0.2) is 0 Å². The van der Waals surface area contributed by atoms with E-state index in [9.17, 15) is 8.78 Å². The zero-order valence-corrected chi connectivity index (χ0v) is 12.8. The predicted octanol–water partition coefficient (Wildman–Crippen LogP) is 3.25. The molecule has 3 heterocycles. The molecule has 0 aliphatic heterocycles. The molecule has 0 saturated carbocycles. The van der Waals surface area contributed by atoms with E-state index in [1.807, 2.05) is 6.07 Å². The second kappa shape index (κ2) is 6.68. The van der Waals surface area contributed by atoms with E-state index in [4.69, 9.17) is 16.9 Å². The molecule has 3 aromatic rings. The highest BCUT2D eigenvalue weighted by Crippen LogP contribution is 2.24. The number of aromatic nitrogens is 5. The third-order valence-corrected chi connectivity index (χ3v) is 3.34. The minimum atomic E-state index is -2.71. The molecule has 6 nitrogen and oxygen atoms in total. The van der Waals surface area contributed by atoms with Gasteiger partial charge in [-0.3, -0.25) is 0 Å². The van der Waals surface area contributed by atoms with Crippen LogP contribution < -0.4 is 0 Å². The fraction of sp³-hybridized carbons (Fsp3) is 0.133. The molecule has 0 N–H and O–H groups in total. The van der Waals surface area contributed by atoms with E-state index in [0.717, 1.165) is 0 Å². The van der Waals surface area contributed by atoms with Crippen molar-refractivity contribution in [1.82, 2.24) is 24.5 Å². The minimum absolute atomic E-state index is 0.145. The van der Waals surface area contributed by atoms with Crippen LogP contribution in [0.4, 0.5) is 8.78 Å². The molecule has 0 bridgehead atoms. The van der Waals surface area contributed by atoms with Crippen LogP contribution in [0.5, 0.6) is 0 Å². The van der Waals surface area contributed by atoms with Crippen molar-refractivity contribution in [3.8, 4) is 17.5 Å². The van der Waals surface area contributed by atoms with Crippen LogP contribution in [0.1, 0.15) is 23.6 Å². The Balaban J connectivity index is 2.00. The molecular formula is C15H9ClF2N6. The Morgan fingerprint density at radius 3 is 2.50 bits per heavy atom. The first-order valence-electron chi connectivity index (χ1n) is 6.75. The summed E-state index contributed by atoms with van der Waals surface area (Å²) in [6, 6.07) is 4.99. The highest BCUT2D eigenvalue weighted by Gasteiger charge is 2.17. The number of alkyl halides is 2. The van der Waals surface area contributed by atoms with Crippen molar-refractivity contribution in [3.05, 3.63) is 59.2 Å². The van der Waals surface area contributed by atoms with Gasteiger partial charge in [0.2, 0.25) is 0 Å². The summed E-state index contributed by atoms with van der Waals surface area (Å²) in [6.07, 6.45) is 2.81. The summed E-state index contributed by atoms with van der Waals surface area (Å²) in [5.41, 5.74) is 0.380. The lowest BCUT2D eigenvalue weighted by Gasteiger charge is -2.06. The Bertz CT molecular complexity index is 884. The first kappa shape index (κ1) is 16.0. The summed E-state index contributed by atoms with van der Waals surface area (Å²) in [6.45, 7) is 0.145. The quantitative estimate of drug-likeness (QED) is 0.724. The summed E-state index contributed by atoms with van der Waals surface area (Å²) in [7, 11) is 0. The van der Waals surface area contributed by atoms with Crippen molar-refractivity contribution in [1.29, 1.82) is 5.26 Å². The van der Waals surface area contributed by atoms with Crippen molar-refractivity contribution >= 4 is 11.6 Å². The zero-order chi connectivity index (χ0) is 17.1. The van der Waals surface area contributed by atoms with Crippen molar-refractivity contribution in [3.63, 3.8) is 0 Å². The fourth-order valence-electron chi connectivity index (χ4n) is 2.06. The van der Waals surface area contributed by atoms with Crippen LogP contribution in [0.15, 0.2) is 36.9 Å². The normalized spacial score (nSPS) is 10.8. The molecule has 0 saturated heterocycles. The number of nitriles is 1. The van der Waals surface area contributed by atoms with Crippen LogP contribution in [-0.4, -0.2) is 24.5 Å². The van der Waals surface area contributed by atoms with Gasteiger partial charge in [0, 0.05) is 30.4 Å². The van der Waals surface area contributed by atoms with Crippen molar-refractivity contribution in [2.75, 3.05) is 0 Å². The third-order valence-electron chi connectivity index (χ3n) is 3.14. The molecule has 0 spiro atoms. The standard InChI is InChI=1S/C15H9ClF2N6/c16-10-5-21-13(22-6-10)8-24-7-12(14(17)18)23-15(24)9-1-2-11(3-19)20-4-9/h1-2,4-7,14H,8H2. The third kappa shape index (κ3) is 3.36. The van der Waals surface area contributed by atoms with Gasteiger partial charge in [-0.15, -0.1) is 0 Å². The highest BCUT2D eigenvalue weighted by atomic mass is 35.5. The molecule has 0 amide bonds. The molecule has 3 rings (SSSR count). The monoisotopic (exact) mass is 346 g/mol. The second-order valence-corrected chi connectivity index (χ2v) is 5.22. The van der Waals surface area contributed by atoms with Gasteiger partial charge < -0.3 is 4.57 Å². The first-order valence-corrected chi connectivity index (χ1v) is 7.13. The molecule has 0 aliphatic carbocycles. The van der Waals surface area contributed by atoms with Crippen molar-refractivity contribution in [2.24, 2.45) is 0 Å². The van der Waals surface area contributed by atoms with Gasteiger partial charge in [0.05, 0.1) is 11.6 Å². The van der Waals surface area contributed by atoms with Gasteiger partial charge in [-0.2, -0.15) is 5.26 Å². The lowest BCUT2D eigenvalue weighted by molar-refractivity contribution is 0.146. The van der Waals surface area contributed by atoms with E-state index in [1.54, 1.807) is 6.07 Å². The Morgan fingerprint density at radius 1 is 1.17 bits per heavy atom. The lowest BCUT2D eigenvalue weighted by Crippen LogP contribution is -2.05. The Morgan fingerprint density at radius 2 is 1.92 bits per heavy atom. The topological polar surface area (TPSA) is 80.3 Å². The lowest BCUT2D eigenvalue weighted by atomic mass is 10.2. The molecule has 0 aliphatic rings. The maximum absolute atomic E-state index is 13.0. The summed E-state index contributed by atoms with van der Waals surface area (Å²) in [5.74, 6) is 0.696. The Labute approximate surface area is 140 Å². The average Bonchev–Trinajstić information content (AvgIpc) is 3.01. The zero-order valence-electron chi connectivity index (χ0n) is 12.1. The van der Waals surface area contributed by atoms with Crippen LogP contribution in [0, 0.1) is 11.3 Å². The van der Waals surface area contributed by atoms with E-state index in [0.29, 0.717) is 22.2 Å². The summed E-state index contributed by atoms with van der Waals surface area (Å²) >= 11 is 5.74. The number of hydrogen-bond donors (Lipinski definition) is 0. The van der Waals surface area contributed by atoms with Crippen LogP contribution >= 0.6 is 11.6 Å². The molecule has 0 aromatic carbocycles. The van der Waals surface area contributed by atoms with Gasteiger partial charge in [-0.25, -0.2) is 28.7 Å². The molecule has 0 radical (unpaired) electrons. The SMILES string of the molecule is N#Cc1ccc(-c2nc(C(F)F)cn2Cc2ncc(Cl)cn2)cn1. The predicted molar refractivity (Wildman–Crippen MR) is 81.3 cm³/mol. The van der Waals surface area contributed by atoms with Crippen LogP contribution in [0.3, 0.4) is 0 Å². The maximum Gasteiger partial charge on any atom is 0.281 e. The molecule has 120 valence electrons. The summed E-state index contributed by atoms with van der Waals surface area (Å²) in [4.78, 5) is 16.0. The molecule has 0 unspecified atom stereocenters. The van der Waals surface area contributed by atoms with Gasteiger partial charge >= 0.3 is 0 Å². The Kier molecular flexibility index (Phi) is 4.44. The number of nitrogens with zero attached hydrogens (tertiary/aromatic N) is 6. The average molecular weight is 347 g/mol. The van der Waals surface area contributed by atoms with E-state index in [-0.39, 0.29) is 17.9 Å². The maximum atomic E-state index is 13.0. The molecular weight excluding hydrogens is 338 g/mol. The van der Waals surface area contributed by atoms with Gasteiger partial charge in [0.25, 0.3) is 6.43 Å². The summed E-state index contributed by atoms with van der Waals surface area (Å²) < 4.78 is 27.5. The molecule has 3 aromatic heterocycles. The van der Waals surface area contributed by atoms with Crippen LogP contribution in [0.2, 0.25) is 5.02 Å². The van der Waals surface area contributed by atoms with Crippen LogP contribution in [-0.2, 0) is 6.54 Å². The largest absolute Gasteiger partial charge is 0.323 e.